The summed E-state index contributed by atoms with van der Waals surface area (Å²) in [6.07, 6.45) is 5.84. The molecule has 0 atom stereocenters. The minimum absolute atomic E-state index is 0.108. The van der Waals surface area contributed by atoms with Crippen molar-refractivity contribution in [3.8, 4) is 0 Å². The highest BCUT2D eigenvalue weighted by Gasteiger charge is 2.29. The molecule has 1 aromatic carbocycles. The summed E-state index contributed by atoms with van der Waals surface area (Å²) in [6.45, 7) is 0.510. The fraction of sp³-hybridized carbons (Fsp3) is 0.357. The van der Waals surface area contributed by atoms with Gasteiger partial charge in [-0.15, -0.1) is 0 Å². The van der Waals surface area contributed by atoms with E-state index in [-0.39, 0.29) is 5.03 Å². The lowest BCUT2D eigenvalue weighted by Gasteiger charge is -2.23. The van der Waals surface area contributed by atoms with Crippen molar-refractivity contribution in [3.05, 3.63) is 42.4 Å². The van der Waals surface area contributed by atoms with Gasteiger partial charge >= 0.3 is 0 Å². The molecule has 3 rings (SSSR count). The number of aryl methyl sites for hydroxylation is 2. The summed E-state index contributed by atoms with van der Waals surface area (Å²) >= 11 is 0. The molecule has 2 heterocycles. The number of nitrogens with zero attached hydrogens (tertiary/aromatic N) is 3. The number of hydrogen-bond acceptors (Lipinski definition) is 3. The topological polar surface area (TPSA) is 55.2 Å². The maximum atomic E-state index is 12.8. The number of para-hydroxylation sites is 1. The third kappa shape index (κ3) is 2.20. The van der Waals surface area contributed by atoms with E-state index in [1.54, 1.807) is 17.8 Å². The van der Waals surface area contributed by atoms with Gasteiger partial charge in [0, 0.05) is 19.8 Å². The first-order chi connectivity index (χ1) is 9.59. The average molecular weight is 291 g/mol. The van der Waals surface area contributed by atoms with E-state index in [2.05, 4.69) is 4.98 Å². The number of fused-ring (bicyclic) bond motifs is 1. The monoisotopic (exact) mass is 291 g/mol. The summed E-state index contributed by atoms with van der Waals surface area (Å²) in [5, 5.41) is 0.108. The van der Waals surface area contributed by atoms with Gasteiger partial charge in [0.15, 0.2) is 5.03 Å². The van der Waals surface area contributed by atoms with Crippen LogP contribution in [0.1, 0.15) is 18.4 Å². The van der Waals surface area contributed by atoms with Crippen LogP contribution in [0.5, 0.6) is 0 Å². The molecule has 106 valence electrons. The summed E-state index contributed by atoms with van der Waals surface area (Å²) in [5.41, 5.74) is 1.88. The van der Waals surface area contributed by atoms with E-state index in [1.807, 2.05) is 24.3 Å². The van der Waals surface area contributed by atoms with Gasteiger partial charge in [0.2, 0.25) is 0 Å². The SMILES string of the molecule is Cn1cnc(S(=O)(=O)N2CCCCc3ccccc32)c1. The van der Waals surface area contributed by atoms with Crippen molar-refractivity contribution in [3.63, 3.8) is 0 Å². The molecular formula is C14H17N3O2S. The van der Waals surface area contributed by atoms with Gasteiger partial charge in [0.1, 0.15) is 0 Å². The number of rotatable bonds is 2. The predicted molar refractivity (Wildman–Crippen MR) is 77.1 cm³/mol. The van der Waals surface area contributed by atoms with Crippen LogP contribution >= 0.6 is 0 Å². The van der Waals surface area contributed by atoms with Gasteiger partial charge in [0.05, 0.1) is 12.0 Å². The van der Waals surface area contributed by atoms with Gasteiger partial charge in [0.25, 0.3) is 10.0 Å². The number of sulfonamides is 1. The molecule has 0 radical (unpaired) electrons. The van der Waals surface area contributed by atoms with Crippen LogP contribution in [0.2, 0.25) is 0 Å². The minimum atomic E-state index is -3.58. The number of aromatic nitrogens is 2. The summed E-state index contributed by atoms with van der Waals surface area (Å²) in [5.74, 6) is 0. The van der Waals surface area contributed by atoms with E-state index in [9.17, 15) is 8.42 Å². The zero-order valence-corrected chi connectivity index (χ0v) is 12.2. The van der Waals surface area contributed by atoms with Crippen LogP contribution in [0.15, 0.2) is 41.8 Å². The van der Waals surface area contributed by atoms with Gasteiger partial charge < -0.3 is 4.57 Å². The second-order valence-electron chi connectivity index (χ2n) is 5.04. The third-order valence-electron chi connectivity index (χ3n) is 3.55. The van der Waals surface area contributed by atoms with Crippen LogP contribution in [0.25, 0.3) is 0 Å². The predicted octanol–water partition coefficient (Wildman–Crippen LogP) is 1.95. The highest BCUT2D eigenvalue weighted by molar-refractivity contribution is 7.92. The fourth-order valence-electron chi connectivity index (χ4n) is 2.54. The van der Waals surface area contributed by atoms with Gasteiger partial charge in [-0.1, -0.05) is 18.2 Å². The smallest absolute Gasteiger partial charge is 0.283 e. The molecule has 1 aliphatic heterocycles. The highest BCUT2D eigenvalue weighted by Crippen LogP contribution is 2.30. The van der Waals surface area contributed by atoms with E-state index >= 15 is 0 Å². The highest BCUT2D eigenvalue weighted by atomic mass is 32.2. The van der Waals surface area contributed by atoms with Gasteiger partial charge in [-0.25, -0.2) is 4.98 Å². The summed E-state index contributed by atoms with van der Waals surface area (Å²) in [4.78, 5) is 4.00. The molecule has 0 bridgehead atoms. The molecule has 5 nitrogen and oxygen atoms in total. The lowest BCUT2D eigenvalue weighted by Crippen LogP contribution is -2.32. The van der Waals surface area contributed by atoms with Crippen molar-refractivity contribution in [1.29, 1.82) is 0 Å². The van der Waals surface area contributed by atoms with Crippen LogP contribution in [-0.2, 0) is 23.5 Å². The zero-order chi connectivity index (χ0) is 14.2. The minimum Gasteiger partial charge on any atom is -0.339 e. The number of benzene rings is 1. The van der Waals surface area contributed by atoms with Crippen molar-refractivity contribution >= 4 is 15.7 Å². The van der Waals surface area contributed by atoms with Crippen LogP contribution in [0.4, 0.5) is 5.69 Å². The first-order valence-corrected chi connectivity index (χ1v) is 8.11. The first kappa shape index (κ1) is 13.2. The zero-order valence-electron chi connectivity index (χ0n) is 11.4. The molecular weight excluding hydrogens is 274 g/mol. The maximum absolute atomic E-state index is 12.8. The molecule has 0 amide bonds. The second kappa shape index (κ2) is 4.94. The summed E-state index contributed by atoms with van der Waals surface area (Å²) in [7, 11) is -1.81. The lowest BCUT2D eigenvalue weighted by molar-refractivity contribution is 0.586. The Bertz CT molecular complexity index is 722. The number of imidazole rings is 1. The van der Waals surface area contributed by atoms with Crippen LogP contribution in [0, 0.1) is 0 Å². The Labute approximate surface area is 118 Å². The van der Waals surface area contributed by atoms with Gasteiger partial charge in [-0.2, -0.15) is 8.42 Å². The molecule has 0 unspecified atom stereocenters. The number of anilines is 1. The third-order valence-corrected chi connectivity index (χ3v) is 5.25. The fourth-order valence-corrected chi connectivity index (χ4v) is 4.05. The van der Waals surface area contributed by atoms with Crippen molar-refractivity contribution in [2.24, 2.45) is 7.05 Å². The lowest BCUT2D eigenvalue weighted by atomic mass is 10.1. The van der Waals surface area contributed by atoms with E-state index in [1.165, 1.54) is 10.6 Å². The van der Waals surface area contributed by atoms with Crippen molar-refractivity contribution in [2.75, 3.05) is 10.8 Å². The molecule has 2 aromatic rings. The molecule has 0 aliphatic carbocycles. The standard InChI is InChI=1S/C14H17N3O2S/c1-16-10-14(15-11-16)20(18,19)17-9-5-4-7-12-6-2-3-8-13(12)17/h2-3,6,8,10-11H,4-5,7,9H2,1H3. The van der Waals surface area contributed by atoms with Gasteiger partial charge in [-0.3, -0.25) is 4.31 Å². The Hall–Kier alpha value is -1.82. The Morgan fingerprint density at radius 3 is 2.75 bits per heavy atom. The van der Waals surface area contributed by atoms with E-state index < -0.39 is 10.0 Å². The van der Waals surface area contributed by atoms with Crippen molar-refractivity contribution in [2.45, 2.75) is 24.3 Å². The molecule has 1 aromatic heterocycles. The Morgan fingerprint density at radius 1 is 1.20 bits per heavy atom. The van der Waals surface area contributed by atoms with Gasteiger partial charge in [-0.05, 0) is 30.9 Å². The molecule has 1 aliphatic rings. The molecule has 20 heavy (non-hydrogen) atoms. The molecule has 0 N–H and O–H groups in total. The summed E-state index contributed by atoms with van der Waals surface area (Å²) in [6, 6.07) is 7.71. The quantitative estimate of drug-likeness (QED) is 0.850. The largest absolute Gasteiger partial charge is 0.339 e. The molecule has 0 spiro atoms. The van der Waals surface area contributed by atoms with Crippen LogP contribution < -0.4 is 4.31 Å². The van der Waals surface area contributed by atoms with Crippen molar-refractivity contribution in [1.82, 2.24) is 9.55 Å². The molecule has 0 saturated heterocycles. The Kier molecular flexibility index (Phi) is 3.25. The average Bonchev–Trinajstić information content (AvgIpc) is 2.75. The second-order valence-corrected chi connectivity index (χ2v) is 6.85. The van der Waals surface area contributed by atoms with E-state index in [0.29, 0.717) is 6.54 Å². The summed E-state index contributed by atoms with van der Waals surface area (Å²) < 4.78 is 28.7. The normalized spacial score (nSPS) is 15.8. The maximum Gasteiger partial charge on any atom is 0.283 e. The molecule has 0 saturated carbocycles. The van der Waals surface area contributed by atoms with Crippen LogP contribution in [0.3, 0.4) is 0 Å². The molecule has 0 fully saturated rings. The first-order valence-electron chi connectivity index (χ1n) is 6.67. The Morgan fingerprint density at radius 2 is 2.00 bits per heavy atom. The number of hydrogen-bond donors (Lipinski definition) is 0. The van der Waals surface area contributed by atoms with E-state index in [4.69, 9.17) is 0 Å². The van der Waals surface area contributed by atoms with Crippen LogP contribution in [-0.4, -0.2) is 24.5 Å². The Balaban J connectivity index is 2.09. The molecule has 6 heteroatoms. The van der Waals surface area contributed by atoms with Crippen molar-refractivity contribution < 1.29 is 8.42 Å². The van der Waals surface area contributed by atoms with E-state index in [0.717, 1.165) is 30.5 Å².